The van der Waals surface area contributed by atoms with Crippen molar-refractivity contribution in [1.82, 2.24) is 0 Å². The SMILES string of the molecule is CC.CCCCCc1ccccc1.SC1COc2ccccc2O1. The second-order valence-corrected chi connectivity index (χ2v) is 5.85. The summed E-state index contributed by atoms with van der Waals surface area (Å²) in [5.41, 5.74) is 1.34. The number of ether oxygens (including phenoxy) is 2. The van der Waals surface area contributed by atoms with Crippen molar-refractivity contribution < 1.29 is 9.47 Å². The van der Waals surface area contributed by atoms with Crippen molar-refractivity contribution in [2.24, 2.45) is 0 Å². The lowest BCUT2D eigenvalue weighted by molar-refractivity contribution is 0.150. The molecule has 3 rings (SSSR count). The fourth-order valence-electron chi connectivity index (χ4n) is 2.23. The van der Waals surface area contributed by atoms with E-state index in [0.717, 1.165) is 11.5 Å². The third kappa shape index (κ3) is 7.78. The minimum absolute atomic E-state index is 0.134. The highest BCUT2D eigenvalue weighted by Gasteiger charge is 2.15. The molecule has 1 atom stereocenters. The van der Waals surface area contributed by atoms with Gasteiger partial charge in [0.15, 0.2) is 16.9 Å². The minimum Gasteiger partial charge on any atom is -0.485 e. The molecule has 0 bridgehead atoms. The largest absolute Gasteiger partial charge is 0.485 e. The zero-order chi connectivity index (χ0) is 17.6. The number of benzene rings is 2. The Morgan fingerprint density at radius 2 is 1.54 bits per heavy atom. The van der Waals surface area contributed by atoms with Gasteiger partial charge < -0.3 is 9.47 Å². The highest BCUT2D eigenvalue weighted by molar-refractivity contribution is 7.80. The molecule has 0 fully saturated rings. The molecular formula is C21H30O2S. The van der Waals surface area contributed by atoms with E-state index in [2.05, 4.69) is 49.9 Å². The van der Waals surface area contributed by atoms with Crippen molar-refractivity contribution in [2.45, 2.75) is 51.9 Å². The summed E-state index contributed by atoms with van der Waals surface area (Å²) in [7, 11) is 0. The van der Waals surface area contributed by atoms with E-state index in [1.54, 1.807) is 0 Å². The molecular weight excluding hydrogens is 316 g/mol. The van der Waals surface area contributed by atoms with Crippen molar-refractivity contribution in [3.8, 4) is 11.5 Å². The molecule has 0 N–H and O–H groups in total. The van der Waals surface area contributed by atoms with Gasteiger partial charge in [-0.25, -0.2) is 0 Å². The van der Waals surface area contributed by atoms with Crippen LogP contribution >= 0.6 is 12.6 Å². The lowest BCUT2D eigenvalue weighted by Crippen LogP contribution is -2.23. The zero-order valence-electron chi connectivity index (χ0n) is 15.1. The van der Waals surface area contributed by atoms with E-state index in [1.807, 2.05) is 38.1 Å². The molecule has 1 unspecified atom stereocenters. The van der Waals surface area contributed by atoms with Gasteiger partial charge in [0, 0.05) is 0 Å². The van der Waals surface area contributed by atoms with Crippen LogP contribution in [0.2, 0.25) is 0 Å². The third-order valence-electron chi connectivity index (χ3n) is 3.41. The molecule has 24 heavy (non-hydrogen) atoms. The predicted molar refractivity (Wildman–Crippen MR) is 106 cm³/mol. The molecule has 2 aromatic carbocycles. The summed E-state index contributed by atoms with van der Waals surface area (Å²) >= 11 is 4.14. The molecule has 2 aromatic rings. The maximum atomic E-state index is 5.37. The molecule has 0 aromatic heterocycles. The van der Waals surface area contributed by atoms with Crippen LogP contribution in [0.25, 0.3) is 0 Å². The normalized spacial score (nSPS) is 14.6. The molecule has 1 aliphatic rings. The Labute approximate surface area is 152 Å². The molecule has 1 heterocycles. The Kier molecular flexibility index (Phi) is 10.9. The average Bonchev–Trinajstić information content (AvgIpc) is 2.65. The molecule has 0 radical (unpaired) electrons. The summed E-state index contributed by atoms with van der Waals surface area (Å²) in [6.45, 7) is 6.76. The van der Waals surface area contributed by atoms with Crippen molar-refractivity contribution in [3.63, 3.8) is 0 Å². The molecule has 132 valence electrons. The van der Waals surface area contributed by atoms with Crippen LogP contribution in [0, 0.1) is 0 Å². The Morgan fingerprint density at radius 3 is 2.21 bits per heavy atom. The van der Waals surface area contributed by atoms with Gasteiger partial charge in [0.05, 0.1) is 0 Å². The molecule has 1 aliphatic heterocycles. The zero-order valence-corrected chi connectivity index (χ0v) is 16.0. The van der Waals surface area contributed by atoms with Gasteiger partial charge in [-0.3, -0.25) is 0 Å². The van der Waals surface area contributed by atoms with E-state index >= 15 is 0 Å². The smallest absolute Gasteiger partial charge is 0.175 e. The van der Waals surface area contributed by atoms with Gasteiger partial charge in [-0.1, -0.05) is 76.1 Å². The Balaban J connectivity index is 0.000000218. The summed E-state index contributed by atoms with van der Waals surface area (Å²) in [4.78, 5) is 0. The van der Waals surface area contributed by atoms with Crippen molar-refractivity contribution in [1.29, 1.82) is 0 Å². The predicted octanol–water partition coefficient (Wildman–Crippen LogP) is 6.16. The van der Waals surface area contributed by atoms with Gasteiger partial charge in [0.2, 0.25) is 0 Å². The number of fused-ring (bicyclic) bond motifs is 1. The molecule has 2 nitrogen and oxygen atoms in total. The number of unbranched alkanes of at least 4 members (excludes halogenated alkanes) is 2. The quantitative estimate of drug-likeness (QED) is 0.528. The van der Waals surface area contributed by atoms with Crippen LogP contribution in [0.1, 0.15) is 45.6 Å². The number of aryl methyl sites for hydroxylation is 1. The maximum Gasteiger partial charge on any atom is 0.175 e. The van der Waals surface area contributed by atoms with Crippen LogP contribution in [0.4, 0.5) is 0 Å². The topological polar surface area (TPSA) is 18.5 Å². The summed E-state index contributed by atoms with van der Waals surface area (Å²) < 4.78 is 10.7. The Bertz CT molecular complexity index is 543. The van der Waals surface area contributed by atoms with Crippen LogP contribution < -0.4 is 9.47 Å². The lowest BCUT2D eigenvalue weighted by Gasteiger charge is -2.22. The highest BCUT2D eigenvalue weighted by Crippen LogP contribution is 2.31. The van der Waals surface area contributed by atoms with Gasteiger partial charge in [-0.05, 0) is 30.5 Å². The fraction of sp³-hybridized carbons (Fsp3) is 0.429. The first-order valence-electron chi connectivity index (χ1n) is 8.90. The van der Waals surface area contributed by atoms with E-state index in [-0.39, 0.29) is 5.44 Å². The molecule has 0 saturated carbocycles. The number of hydrogen-bond acceptors (Lipinski definition) is 3. The first kappa shape index (κ1) is 20.4. The van der Waals surface area contributed by atoms with Crippen molar-refractivity contribution in [2.75, 3.05) is 6.61 Å². The van der Waals surface area contributed by atoms with E-state index in [0.29, 0.717) is 6.61 Å². The average molecular weight is 347 g/mol. The molecule has 0 saturated heterocycles. The maximum absolute atomic E-state index is 5.37. The van der Waals surface area contributed by atoms with Gasteiger partial charge in [-0.15, -0.1) is 12.6 Å². The standard InChI is InChI=1S/C11H16.C8H8O2S.C2H6/c1-2-3-5-8-11-9-6-4-7-10-11;11-8-5-9-6-3-1-2-4-7(6)10-8;1-2/h4,6-7,9-10H,2-3,5,8H2,1H3;1-4,8,11H,5H2;1-2H3. The van der Waals surface area contributed by atoms with Gasteiger partial charge in [0.25, 0.3) is 0 Å². The number of para-hydroxylation sites is 2. The van der Waals surface area contributed by atoms with E-state index in [9.17, 15) is 0 Å². The van der Waals surface area contributed by atoms with Crippen LogP contribution in [0.5, 0.6) is 11.5 Å². The molecule has 0 amide bonds. The number of thiol groups is 1. The van der Waals surface area contributed by atoms with Gasteiger partial charge >= 0.3 is 0 Å². The lowest BCUT2D eigenvalue weighted by atomic mass is 10.1. The Morgan fingerprint density at radius 1 is 0.917 bits per heavy atom. The third-order valence-corrected chi connectivity index (χ3v) is 3.66. The number of hydrogen-bond donors (Lipinski definition) is 1. The summed E-state index contributed by atoms with van der Waals surface area (Å²) in [6, 6.07) is 18.3. The second kappa shape index (κ2) is 12.8. The minimum atomic E-state index is -0.134. The summed E-state index contributed by atoms with van der Waals surface area (Å²) in [6.07, 6.45) is 5.25. The highest BCUT2D eigenvalue weighted by atomic mass is 32.1. The van der Waals surface area contributed by atoms with Gasteiger partial charge in [-0.2, -0.15) is 0 Å². The first-order valence-corrected chi connectivity index (χ1v) is 9.41. The summed E-state index contributed by atoms with van der Waals surface area (Å²) in [5.74, 6) is 1.58. The molecule has 0 aliphatic carbocycles. The van der Waals surface area contributed by atoms with E-state index in [4.69, 9.17) is 9.47 Å². The van der Waals surface area contributed by atoms with Crippen LogP contribution in [-0.2, 0) is 6.42 Å². The van der Waals surface area contributed by atoms with E-state index < -0.39 is 0 Å². The molecule has 0 spiro atoms. The fourth-order valence-corrected chi connectivity index (χ4v) is 2.42. The second-order valence-electron chi connectivity index (χ2n) is 5.27. The number of rotatable bonds is 4. The monoisotopic (exact) mass is 346 g/mol. The van der Waals surface area contributed by atoms with Gasteiger partial charge in [0.1, 0.15) is 6.61 Å². The summed E-state index contributed by atoms with van der Waals surface area (Å²) in [5, 5.41) is 0. The Hall–Kier alpha value is -1.61. The molecule has 3 heteroatoms. The van der Waals surface area contributed by atoms with Crippen LogP contribution in [0.15, 0.2) is 54.6 Å². The van der Waals surface area contributed by atoms with E-state index in [1.165, 1.54) is 31.2 Å². The van der Waals surface area contributed by atoms with Crippen molar-refractivity contribution in [3.05, 3.63) is 60.2 Å². The first-order chi connectivity index (χ1) is 11.8. The van der Waals surface area contributed by atoms with Crippen LogP contribution in [0.3, 0.4) is 0 Å². The van der Waals surface area contributed by atoms with Crippen molar-refractivity contribution >= 4 is 12.6 Å². The van der Waals surface area contributed by atoms with Crippen LogP contribution in [-0.4, -0.2) is 12.0 Å².